The Balaban J connectivity index is 1.41. The largest absolute Gasteiger partial charge is 0.493 e. The van der Waals surface area contributed by atoms with Gasteiger partial charge in [0.2, 0.25) is 5.95 Å². The molecule has 2 aliphatic rings. The Kier molecular flexibility index (Phi) is 4.28. The number of aromatic nitrogens is 2. The molecule has 0 aliphatic carbocycles. The van der Waals surface area contributed by atoms with Crippen LogP contribution in [0.15, 0.2) is 53.7 Å². The van der Waals surface area contributed by atoms with Crippen LogP contribution in [-0.2, 0) is 12.8 Å². The van der Waals surface area contributed by atoms with E-state index in [1.807, 2.05) is 24.3 Å². The van der Waals surface area contributed by atoms with Crippen molar-refractivity contribution in [3.8, 4) is 17.0 Å². The van der Waals surface area contributed by atoms with Gasteiger partial charge in [-0.2, -0.15) is 0 Å². The number of aliphatic hydroxyl groups is 1. The number of nitrogens with two attached hydrogens (primary N) is 1. The average molecular weight is 386 g/mol. The van der Waals surface area contributed by atoms with Gasteiger partial charge < -0.3 is 15.6 Å². The summed E-state index contributed by atoms with van der Waals surface area (Å²) >= 11 is 0. The van der Waals surface area contributed by atoms with Gasteiger partial charge in [-0.1, -0.05) is 18.2 Å². The molecule has 2 aliphatic heterocycles. The van der Waals surface area contributed by atoms with Crippen LogP contribution in [0.25, 0.3) is 11.3 Å². The van der Waals surface area contributed by atoms with Gasteiger partial charge in [0.05, 0.1) is 24.1 Å². The number of hydrogen-bond donors (Lipinski definition) is 2. The van der Waals surface area contributed by atoms with Crippen molar-refractivity contribution in [3.05, 3.63) is 65.4 Å². The highest BCUT2D eigenvalue weighted by Crippen LogP contribution is 2.36. The zero-order valence-electron chi connectivity index (χ0n) is 16.2. The first kappa shape index (κ1) is 17.8. The van der Waals surface area contributed by atoms with E-state index >= 15 is 0 Å². The molecule has 6 nitrogen and oxygen atoms in total. The van der Waals surface area contributed by atoms with E-state index < -0.39 is 6.10 Å². The second-order valence-electron chi connectivity index (χ2n) is 7.68. The quantitative estimate of drug-likeness (QED) is 0.716. The third-order valence-corrected chi connectivity index (χ3v) is 5.64. The number of rotatable bonds is 3. The molecule has 0 saturated heterocycles. The van der Waals surface area contributed by atoms with Crippen LogP contribution in [0, 0.1) is 5.92 Å². The van der Waals surface area contributed by atoms with E-state index in [1.165, 1.54) is 5.56 Å². The van der Waals surface area contributed by atoms with Crippen molar-refractivity contribution in [2.75, 3.05) is 12.3 Å². The minimum atomic E-state index is -0.483. The van der Waals surface area contributed by atoms with Crippen molar-refractivity contribution >= 4 is 17.3 Å². The predicted molar refractivity (Wildman–Crippen MR) is 112 cm³/mol. The van der Waals surface area contributed by atoms with Crippen LogP contribution in [0.2, 0.25) is 0 Å². The molecule has 0 bridgehead atoms. The summed E-state index contributed by atoms with van der Waals surface area (Å²) in [5, 5.41) is 9.88. The van der Waals surface area contributed by atoms with Crippen LogP contribution in [-0.4, -0.2) is 27.4 Å². The molecule has 0 radical (unpaired) electrons. The van der Waals surface area contributed by atoms with Crippen LogP contribution in [0.3, 0.4) is 0 Å². The van der Waals surface area contributed by atoms with Gasteiger partial charge in [0.25, 0.3) is 0 Å². The van der Waals surface area contributed by atoms with Crippen molar-refractivity contribution in [2.45, 2.75) is 25.9 Å². The van der Waals surface area contributed by atoms with E-state index in [9.17, 15) is 5.11 Å². The Hall–Kier alpha value is -3.25. The first-order valence-corrected chi connectivity index (χ1v) is 9.80. The summed E-state index contributed by atoms with van der Waals surface area (Å²) in [5.74, 6) is 1.41. The number of hydrogen-bond acceptors (Lipinski definition) is 6. The number of ether oxygens (including phenoxy) is 1. The Bertz CT molecular complexity index is 1120. The lowest BCUT2D eigenvalue weighted by Gasteiger charge is -2.26. The molecule has 2 atom stereocenters. The molecular formula is C23H22N4O2. The number of nitrogens with zero attached hydrogens (tertiary/aromatic N) is 3. The molecule has 2 unspecified atom stereocenters. The van der Waals surface area contributed by atoms with Crippen LogP contribution in [0.5, 0.6) is 5.75 Å². The summed E-state index contributed by atoms with van der Waals surface area (Å²) in [5.41, 5.74) is 12.9. The number of nitrogen functional groups attached to an aromatic ring is 1. The molecule has 6 heteroatoms. The van der Waals surface area contributed by atoms with Gasteiger partial charge in [-0.15, -0.1) is 0 Å². The molecule has 3 heterocycles. The molecule has 3 N–H and O–H groups in total. The summed E-state index contributed by atoms with van der Waals surface area (Å²) < 4.78 is 5.99. The van der Waals surface area contributed by atoms with Gasteiger partial charge in [-0.05, 0) is 54.3 Å². The van der Waals surface area contributed by atoms with Crippen LogP contribution < -0.4 is 10.5 Å². The van der Waals surface area contributed by atoms with Gasteiger partial charge >= 0.3 is 0 Å². The predicted octanol–water partition coefficient (Wildman–Crippen LogP) is 3.66. The monoisotopic (exact) mass is 386 g/mol. The molecule has 1 aromatic heterocycles. The zero-order valence-corrected chi connectivity index (χ0v) is 16.2. The number of aliphatic hydroxyl groups excluding tert-OH is 1. The molecule has 29 heavy (non-hydrogen) atoms. The summed E-state index contributed by atoms with van der Waals surface area (Å²) in [6.07, 6.45) is 2.89. The highest BCUT2D eigenvalue weighted by molar-refractivity contribution is 5.96. The number of benzene rings is 2. The molecule has 5 rings (SSSR count). The van der Waals surface area contributed by atoms with Crippen molar-refractivity contribution in [2.24, 2.45) is 10.9 Å². The van der Waals surface area contributed by atoms with E-state index in [-0.39, 0.29) is 11.9 Å². The number of anilines is 1. The first-order valence-electron chi connectivity index (χ1n) is 9.80. The fraction of sp³-hybridized carbons (Fsp3) is 0.261. The normalized spacial score (nSPS) is 18.4. The standard InChI is InChI=1S/C23H22N4O2/c1-13(28)14-4-5-22-17(8-14)9-18(12-29-22)21-11-16-3-2-15(10-20(16)26-21)19-6-7-25-23(24)27-19/h2-8,10,13,18,28H,9,11-12H2,1H3,(H2,24,25,27). The fourth-order valence-corrected chi connectivity index (χ4v) is 4.02. The van der Waals surface area contributed by atoms with E-state index in [0.29, 0.717) is 6.61 Å². The molecule has 0 spiro atoms. The highest BCUT2D eigenvalue weighted by Gasteiger charge is 2.28. The van der Waals surface area contributed by atoms with E-state index in [2.05, 4.69) is 28.2 Å². The number of aliphatic imine (C=N–C) groups is 1. The van der Waals surface area contributed by atoms with Gasteiger partial charge in [0.15, 0.2) is 0 Å². The maximum Gasteiger partial charge on any atom is 0.220 e. The minimum absolute atomic E-state index is 0.234. The Labute approximate surface area is 169 Å². The third-order valence-electron chi connectivity index (χ3n) is 5.64. The van der Waals surface area contributed by atoms with Crippen LogP contribution in [0.1, 0.15) is 29.7 Å². The number of fused-ring (bicyclic) bond motifs is 2. The Morgan fingerprint density at radius 1 is 1.14 bits per heavy atom. The highest BCUT2D eigenvalue weighted by atomic mass is 16.5. The third kappa shape index (κ3) is 3.36. The van der Waals surface area contributed by atoms with Crippen molar-refractivity contribution in [3.63, 3.8) is 0 Å². The molecule has 3 aromatic rings. The summed E-state index contributed by atoms with van der Waals surface area (Å²) in [4.78, 5) is 13.2. The zero-order chi connectivity index (χ0) is 20.0. The molecule has 146 valence electrons. The second-order valence-corrected chi connectivity index (χ2v) is 7.68. The van der Waals surface area contributed by atoms with Crippen molar-refractivity contribution in [1.82, 2.24) is 9.97 Å². The smallest absolute Gasteiger partial charge is 0.220 e. The van der Waals surface area contributed by atoms with Crippen molar-refractivity contribution < 1.29 is 9.84 Å². The second kappa shape index (κ2) is 6.97. The molecule has 2 aromatic carbocycles. The molecule has 0 fully saturated rings. The van der Waals surface area contributed by atoms with Crippen LogP contribution in [0.4, 0.5) is 11.6 Å². The maximum atomic E-state index is 9.88. The van der Waals surface area contributed by atoms with Gasteiger partial charge in [0, 0.05) is 29.8 Å². The summed E-state index contributed by atoms with van der Waals surface area (Å²) in [6.45, 7) is 2.41. The first-order chi connectivity index (χ1) is 14.1. The van der Waals surface area contributed by atoms with Gasteiger partial charge in [0.1, 0.15) is 5.75 Å². The topological polar surface area (TPSA) is 93.6 Å². The van der Waals surface area contributed by atoms with Crippen LogP contribution >= 0.6 is 0 Å². The van der Waals surface area contributed by atoms with Gasteiger partial charge in [-0.3, -0.25) is 4.99 Å². The molecule has 0 amide bonds. The van der Waals surface area contributed by atoms with Gasteiger partial charge in [-0.25, -0.2) is 9.97 Å². The molecular weight excluding hydrogens is 364 g/mol. The van der Waals surface area contributed by atoms with Crippen molar-refractivity contribution in [1.29, 1.82) is 0 Å². The van der Waals surface area contributed by atoms with E-state index in [1.54, 1.807) is 13.1 Å². The fourth-order valence-electron chi connectivity index (χ4n) is 4.02. The lowest BCUT2D eigenvalue weighted by molar-refractivity contribution is 0.198. The lowest BCUT2D eigenvalue weighted by Crippen LogP contribution is -2.28. The minimum Gasteiger partial charge on any atom is -0.493 e. The summed E-state index contributed by atoms with van der Waals surface area (Å²) in [7, 11) is 0. The Morgan fingerprint density at radius 2 is 2.03 bits per heavy atom. The SMILES string of the molecule is CC(O)c1ccc2c(c1)CC(C1=Nc3cc(-c4ccnc(N)n4)ccc3C1)CO2. The Morgan fingerprint density at radius 3 is 2.86 bits per heavy atom. The van der Waals surface area contributed by atoms with E-state index in [4.69, 9.17) is 15.5 Å². The van der Waals surface area contributed by atoms with E-state index in [0.717, 1.165) is 52.4 Å². The maximum absolute atomic E-state index is 9.88. The lowest BCUT2D eigenvalue weighted by atomic mass is 9.89. The molecule has 0 saturated carbocycles. The average Bonchev–Trinajstić information content (AvgIpc) is 3.16. The summed E-state index contributed by atoms with van der Waals surface area (Å²) in [6, 6.07) is 14.0.